The van der Waals surface area contributed by atoms with Gasteiger partial charge in [0.1, 0.15) is 0 Å². The molecule has 3 nitrogen and oxygen atoms in total. The van der Waals surface area contributed by atoms with Gasteiger partial charge < -0.3 is 9.47 Å². The van der Waals surface area contributed by atoms with Crippen molar-refractivity contribution in [1.82, 2.24) is 4.98 Å². The van der Waals surface area contributed by atoms with Gasteiger partial charge in [0, 0.05) is 11.1 Å². The molecular formula is C18H15NO2S. The highest BCUT2D eigenvalue weighted by Crippen LogP contribution is 2.34. The second kappa shape index (κ2) is 5.54. The normalized spacial score (nSPS) is 12.8. The largest absolute Gasteiger partial charge is 0.454 e. The van der Waals surface area contributed by atoms with Crippen LogP contribution < -0.4 is 9.47 Å². The van der Waals surface area contributed by atoms with Crippen molar-refractivity contribution in [3.05, 3.63) is 59.7 Å². The van der Waals surface area contributed by atoms with E-state index in [9.17, 15) is 0 Å². The van der Waals surface area contributed by atoms with Crippen LogP contribution in [0.1, 0.15) is 11.1 Å². The Balaban J connectivity index is 1.56. The van der Waals surface area contributed by atoms with E-state index >= 15 is 0 Å². The number of hydrogen-bond donors (Lipinski definition) is 0. The van der Waals surface area contributed by atoms with Crippen molar-refractivity contribution in [1.29, 1.82) is 0 Å². The number of thioether (sulfide) groups is 1. The maximum atomic E-state index is 5.42. The molecule has 4 heteroatoms. The Kier molecular flexibility index (Phi) is 3.39. The Morgan fingerprint density at radius 1 is 1.05 bits per heavy atom. The Labute approximate surface area is 133 Å². The first-order valence-corrected chi connectivity index (χ1v) is 8.16. The lowest BCUT2D eigenvalue weighted by Crippen LogP contribution is -1.92. The lowest BCUT2D eigenvalue weighted by Gasteiger charge is -2.07. The molecule has 2 heterocycles. The van der Waals surface area contributed by atoms with Crippen LogP contribution in [-0.4, -0.2) is 11.8 Å². The van der Waals surface area contributed by atoms with Crippen molar-refractivity contribution in [2.45, 2.75) is 17.7 Å². The molecule has 0 aliphatic carbocycles. The van der Waals surface area contributed by atoms with E-state index in [1.54, 1.807) is 11.8 Å². The van der Waals surface area contributed by atoms with Crippen LogP contribution in [0.5, 0.6) is 11.5 Å². The first-order valence-electron chi connectivity index (χ1n) is 7.17. The predicted molar refractivity (Wildman–Crippen MR) is 88.6 cm³/mol. The summed E-state index contributed by atoms with van der Waals surface area (Å²) in [5, 5.41) is 2.27. The van der Waals surface area contributed by atoms with Crippen molar-refractivity contribution in [2.24, 2.45) is 0 Å². The first kappa shape index (κ1) is 13.5. The van der Waals surface area contributed by atoms with Crippen LogP contribution >= 0.6 is 11.8 Å². The standard InChI is InChI=1S/C18H15NO2S/c1-12-8-18(19-15-5-3-2-4-14(12)15)22-10-13-6-7-16-17(9-13)21-11-20-16/h2-9H,10-11H2,1H3. The van der Waals surface area contributed by atoms with E-state index in [2.05, 4.69) is 37.3 Å². The average Bonchev–Trinajstić information content (AvgIpc) is 3.00. The van der Waals surface area contributed by atoms with E-state index in [4.69, 9.17) is 14.5 Å². The maximum Gasteiger partial charge on any atom is 0.231 e. The molecule has 0 N–H and O–H groups in total. The third kappa shape index (κ3) is 2.50. The van der Waals surface area contributed by atoms with Gasteiger partial charge in [-0.15, -0.1) is 11.8 Å². The molecule has 0 fully saturated rings. The number of hydrogen-bond acceptors (Lipinski definition) is 4. The van der Waals surface area contributed by atoms with Gasteiger partial charge in [0.05, 0.1) is 10.5 Å². The average molecular weight is 309 g/mol. The molecule has 1 aromatic heterocycles. The summed E-state index contributed by atoms with van der Waals surface area (Å²) >= 11 is 1.74. The van der Waals surface area contributed by atoms with Gasteiger partial charge in [-0.2, -0.15) is 0 Å². The lowest BCUT2D eigenvalue weighted by molar-refractivity contribution is 0.174. The zero-order valence-electron chi connectivity index (χ0n) is 12.2. The zero-order chi connectivity index (χ0) is 14.9. The van der Waals surface area contributed by atoms with Gasteiger partial charge in [-0.05, 0) is 42.3 Å². The second-order valence-electron chi connectivity index (χ2n) is 5.27. The molecule has 0 atom stereocenters. The lowest BCUT2D eigenvalue weighted by atomic mass is 10.1. The summed E-state index contributed by atoms with van der Waals surface area (Å²) in [6.07, 6.45) is 0. The van der Waals surface area contributed by atoms with E-state index < -0.39 is 0 Å². The van der Waals surface area contributed by atoms with Crippen molar-refractivity contribution in [3.8, 4) is 11.5 Å². The fourth-order valence-corrected chi connectivity index (χ4v) is 3.50. The summed E-state index contributed by atoms with van der Waals surface area (Å²) in [6, 6.07) is 16.5. The van der Waals surface area contributed by atoms with Crippen molar-refractivity contribution in [2.75, 3.05) is 6.79 Å². The Morgan fingerprint density at radius 3 is 2.86 bits per heavy atom. The molecule has 3 aromatic rings. The predicted octanol–water partition coefficient (Wildman–Crippen LogP) is 4.56. The van der Waals surface area contributed by atoms with E-state index in [1.165, 1.54) is 16.5 Å². The number of benzene rings is 2. The highest BCUT2D eigenvalue weighted by Gasteiger charge is 2.13. The SMILES string of the molecule is Cc1cc(SCc2ccc3c(c2)OCO3)nc2ccccc12. The van der Waals surface area contributed by atoms with Gasteiger partial charge in [0.2, 0.25) is 6.79 Å². The fourth-order valence-electron chi connectivity index (χ4n) is 2.58. The molecule has 0 amide bonds. The Bertz CT molecular complexity index is 848. The molecule has 4 rings (SSSR count). The number of nitrogens with zero attached hydrogens (tertiary/aromatic N) is 1. The summed E-state index contributed by atoms with van der Waals surface area (Å²) in [6.45, 7) is 2.45. The van der Waals surface area contributed by atoms with Crippen LogP contribution in [0.25, 0.3) is 10.9 Å². The highest BCUT2D eigenvalue weighted by atomic mass is 32.2. The van der Waals surface area contributed by atoms with Crippen LogP contribution in [0, 0.1) is 6.92 Å². The summed E-state index contributed by atoms with van der Waals surface area (Å²) in [5.74, 6) is 2.52. The van der Waals surface area contributed by atoms with E-state index in [1.807, 2.05) is 18.2 Å². The first-order chi connectivity index (χ1) is 10.8. The molecule has 0 radical (unpaired) electrons. The zero-order valence-corrected chi connectivity index (χ0v) is 13.0. The molecule has 0 saturated carbocycles. The third-order valence-corrected chi connectivity index (χ3v) is 4.71. The van der Waals surface area contributed by atoms with E-state index in [-0.39, 0.29) is 0 Å². The third-order valence-electron chi connectivity index (χ3n) is 3.72. The fraction of sp³-hybridized carbons (Fsp3) is 0.167. The van der Waals surface area contributed by atoms with Crippen LogP contribution in [0.2, 0.25) is 0 Å². The number of para-hydroxylation sites is 1. The number of rotatable bonds is 3. The number of ether oxygens (including phenoxy) is 2. The smallest absolute Gasteiger partial charge is 0.231 e. The van der Waals surface area contributed by atoms with E-state index in [0.717, 1.165) is 27.8 Å². The van der Waals surface area contributed by atoms with Crippen molar-refractivity contribution in [3.63, 3.8) is 0 Å². The molecule has 1 aliphatic heterocycles. The van der Waals surface area contributed by atoms with Gasteiger partial charge >= 0.3 is 0 Å². The molecule has 0 saturated heterocycles. The van der Waals surface area contributed by atoms with Gasteiger partial charge in [0.25, 0.3) is 0 Å². The quantitative estimate of drug-likeness (QED) is 0.664. The minimum atomic E-state index is 0.317. The summed E-state index contributed by atoms with van der Waals surface area (Å²) in [5.41, 5.74) is 3.52. The minimum Gasteiger partial charge on any atom is -0.454 e. The number of aryl methyl sites for hydroxylation is 1. The Hall–Kier alpha value is -2.20. The molecule has 22 heavy (non-hydrogen) atoms. The summed E-state index contributed by atoms with van der Waals surface area (Å²) < 4.78 is 10.8. The molecule has 0 bridgehead atoms. The van der Waals surface area contributed by atoms with Crippen molar-refractivity contribution >= 4 is 22.7 Å². The molecule has 110 valence electrons. The monoisotopic (exact) mass is 309 g/mol. The molecule has 0 unspecified atom stereocenters. The highest BCUT2D eigenvalue weighted by molar-refractivity contribution is 7.98. The van der Waals surface area contributed by atoms with E-state index in [0.29, 0.717) is 6.79 Å². The molecular weight excluding hydrogens is 294 g/mol. The van der Waals surface area contributed by atoms with Crippen LogP contribution in [0.15, 0.2) is 53.6 Å². The van der Waals surface area contributed by atoms with Crippen LogP contribution in [0.4, 0.5) is 0 Å². The van der Waals surface area contributed by atoms with Crippen LogP contribution in [-0.2, 0) is 5.75 Å². The number of fused-ring (bicyclic) bond motifs is 2. The molecule has 1 aliphatic rings. The van der Waals surface area contributed by atoms with Gasteiger partial charge in [-0.1, -0.05) is 24.3 Å². The summed E-state index contributed by atoms with van der Waals surface area (Å²) in [7, 11) is 0. The van der Waals surface area contributed by atoms with Gasteiger partial charge in [-0.25, -0.2) is 4.98 Å². The number of aromatic nitrogens is 1. The minimum absolute atomic E-state index is 0.317. The van der Waals surface area contributed by atoms with Crippen LogP contribution in [0.3, 0.4) is 0 Å². The van der Waals surface area contributed by atoms with Gasteiger partial charge in [-0.3, -0.25) is 0 Å². The van der Waals surface area contributed by atoms with Gasteiger partial charge in [0.15, 0.2) is 11.5 Å². The maximum absolute atomic E-state index is 5.42. The topological polar surface area (TPSA) is 31.4 Å². The second-order valence-corrected chi connectivity index (χ2v) is 6.27. The Morgan fingerprint density at radius 2 is 1.91 bits per heavy atom. The molecule has 2 aromatic carbocycles. The van der Waals surface area contributed by atoms with Crippen molar-refractivity contribution < 1.29 is 9.47 Å². The summed E-state index contributed by atoms with van der Waals surface area (Å²) in [4.78, 5) is 4.73. The molecule has 0 spiro atoms. The number of pyridine rings is 1.